The summed E-state index contributed by atoms with van der Waals surface area (Å²) in [6, 6.07) is 6.43. The Labute approximate surface area is 145 Å². The van der Waals surface area contributed by atoms with Crippen LogP contribution in [0, 0.1) is 11.7 Å². The number of rotatable bonds is 8. The molecule has 0 spiro atoms. The summed E-state index contributed by atoms with van der Waals surface area (Å²) in [5.74, 6) is 1.34. The molecule has 1 aliphatic rings. The molecule has 4 heteroatoms. The molecule has 0 amide bonds. The lowest BCUT2D eigenvalue weighted by Crippen LogP contribution is -2.44. The topological polar surface area (TPSA) is 28.0 Å². The van der Waals surface area contributed by atoms with Crippen LogP contribution < -0.4 is 0 Å². The van der Waals surface area contributed by atoms with Crippen molar-refractivity contribution in [2.45, 2.75) is 51.6 Å². The van der Waals surface area contributed by atoms with E-state index >= 15 is 0 Å². The van der Waals surface area contributed by atoms with Gasteiger partial charge in [0, 0.05) is 18.8 Å². The van der Waals surface area contributed by atoms with Gasteiger partial charge < -0.3 is 4.90 Å². The van der Waals surface area contributed by atoms with Crippen LogP contribution in [0.1, 0.15) is 51.6 Å². The standard InChI is InChI=1S/C20H28FN3/c1-6-20(3,17-9-10-17)24(5)19(22-4)13-14-23-15(2)16-7-11-18(21)12-8-16/h7-8,11-15,17H,4,6,9-10H2,1-3,5H3/b19-13+,23-14-. The summed E-state index contributed by atoms with van der Waals surface area (Å²) in [6.07, 6.45) is 7.33. The maximum absolute atomic E-state index is 13.0. The van der Waals surface area contributed by atoms with Crippen LogP contribution in [0.2, 0.25) is 0 Å². The third kappa shape index (κ3) is 4.11. The van der Waals surface area contributed by atoms with Gasteiger partial charge in [-0.15, -0.1) is 0 Å². The molecule has 24 heavy (non-hydrogen) atoms. The predicted molar refractivity (Wildman–Crippen MR) is 100 cm³/mol. The third-order valence-corrected chi connectivity index (χ3v) is 5.33. The molecule has 1 aliphatic carbocycles. The van der Waals surface area contributed by atoms with Crippen molar-refractivity contribution in [3.8, 4) is 0 Å². The normalized spacial score (nSPS) is 19.1. The zero-order chi connectivity index (χ0) is 17.7. The minimum Gasteiger partial charge on any atom is -0.354 e. The summed E-state index contributed by atoms with van der Waals surface area (Å²) in [7, 11) is 2.08. The first-order valence-electron chi connectivity index (χ1n) is 8.61. The highest BCUT2D eigenvalue weighted by Gasteiger charge is 2.43. The second kappa shape index (κ2) is 7.73. The molecule has 2 rings (SSSR count). The molecule has 2 unspecified atom stereocenters. The van der Waals surface area contributed by atoms with Gasteiger partial charge in [0.2, 0.25) is 0 Å². The van der Waals surface area contributed by atoms with E-state index in [1.165, 1.54) is 25.0 Å². The van der Waals surface area contributed by atoms with Gasteiger partial charge in [0.25, 0.3) is 0 Å². The van der Waals surface area contributed by atoms with E-state index in [4.69, 9.17) is 0 Å². The van der Waals surface area contributed by atoms with Gasteiger partial charge in [0.05, 0.1) is 6.04 Å². The Balaban J connectivity index is 2.09. The van der Waals surface area contributed by atoms with Crippen molar-refractivity contribution in [3.05, 3.63) is 47.5 Å². The van der Waals surface area contributed by atoms with Crippen LogP contribution in [0.5, 0.6) is 0 Å². The van der Waals surface area contributed by atoms with Crippen LogP contribution in [0.15, 0.2) is 46.1 Å². The van der Waals surface area contributed by atoms with Gasteiger partial charge in [0.1, 0.15) is 11.6 Å². The molecule has 0 N–H and O–H groups in total. The number of aliphatic imine (C=N–C) groups is 2. The minimum atomic E-state index is -0.228. The largest absolute Gasteiger partial charge is 0.354 e. The van der Waals surface area contributed by atoms with Crippen molar-refractivity contribution < 1.29 is 4.39 Å². The van der Waals surface area contributed by atoms with Crippen molar-refractivity contribution in [2.75, 3.05) is 7.05 Å². The highest BCUT2D eigenvalue weighted by molar-refractivity contribution is 5.72. The van der Waals surface area contributed by atoms with E-state index in [0.717, 1.165) is 23.7 Å². The fourth-order valence-electron chi connectivity index (χ4n) is 3.10. The maximum atomic E-state index is 13.0. The average Bonchev–Trinajstić information content (AvgIpc) is 3.43. The van der Waals surface area contributed by atoms with Gasteiger partial charge in [-0.3, -0.25) is 4.99 Å². The second-order valence-electron chi connectivity index (χ2n) is 6.75. The Morgan fingerprint density at radius 1 is 1.42 bits per heavy atom. The zero-order valence-corrected chi connectivity index (χ0v) is 15.2. The molecule has 0 heterocycles. The fraction of sp³-hybridized carbons (Fsp3) is 0.500. The Kier molecular flexibility index (Phi) is 5.92. The van der Waals surface area contributed by atoms with Crippen LogP contribution in [-0.2, 0) is 0 Å². The number of hydrogen-bond donors (Lipinski definition) is 0. The first kappa shape index (κ1) is 18.4. The van der Waals surface area contributed by atoms with Crippen LogP contribution in [-0.4, -0.2) is 30.4 Å². The van der Waals surface area contributed by atoms with E-state index in [2.05, 4.69) is 42.5 Å². The Hall–Kier alpha value is -1.97. The lowest BCUT2D eigenvalue weighted by Gasteiger charge is -2.40. The molecule has 3 nitrogen and oxygen atoms in total. The monoisotopic (exact) mass is 329 g/mol. The Bertz CT molecular complexity index is 616. The van der Waals surface area contributed by atoms with E-state index in [-0.39, 0.29) is 17.4 Å². The number of benzene rings is 1. The van der Waals surface area contributed by atoms with E-state index in [1.54, 1.807) is 18.3 Å². The lowest BCUT2D eigenvalue weighted by molar-refractivity contribution is 0.146. The van der Waals surface area contributed by atoms with E-state index < -0.39 is 0 Å². The third-order valence-electron chi connectivity index (χ3n) is 5.33. The molecule has 2 atom stereocenters. The highest BCUT2D eigenvalue weighted by Crippen LogP contribution is 2.45. The van der Waals surface area contributed by atoms with Gasteiger partial charge in [0.15, 0.2) is 0 Å². The van der Waals surface area contributed by atoms with Crippen molar-refractivity contribution in [1.29, 1.82) is 0 Å². The number of halogens is 1. The molecule has 0 aliphatic heterocycles. The lowest BCUT2D eigenvalue weighted by atomic mass is 9.91. The summed E-state index contributed by atoms with van der Waals surface area (Å²) >= 11 is 0. The molecule has 0 aromatic heterocycles. The van der Waals surface area contributed by atoms with E-state index in [1.807, 2.05) is 13.0 Å². The molecule has 0 bridgehead atoms. The fourth-order valence-corrected chi connectivity index (χ4v) is 3.10. The molecule has 1 saturated carbocycles. The van der Waals surface area contributed by atoms with Gasteiger partial charge in [-0.1, -0.05) is 19.1 Å². The van der Waals surface area contributed by atoms with E-state index in [0.29, 0.717) is 0 Å². The summed E-state index contributed by atoms with van der Waals surface area (Å²) in [4.78, 5) is 10.9. The van der Waals surface area contributed by atoms with Gasteiger partial charge in [-0.25, -0.2) is 9.38 Å². The second-order valence-corrected chi connectivity index (χ2v) is 6.75. The Morgan fingerprint density at radius 3 is 2.54 bits per heavy atom. The van der Waals surface area contributed by atoms with Crippen molar-refractivity contribution >= 4 is 12.9 Å². The number of nitrogens with zero attached hydrogens (tertiary/aromatic N) is 3. The van der Waals surface area contributed by atoms with Gasteiger partial charge in [-0.05, 0) is 69.5 Å². The first-order valence-corrected chi connectivity index (χ1v) is 8.61. The molecule has 1 aromatic carbocycles. The van der Waals surface area contributed by atoms with Crippen molar-refractivity contribution in [3.63, 3.8) is 0 Å². The van der Waals surface area contributed by atoms with Crippen LogP contribution >= 0.6 is 0 Å². The smallest absolute Gasteiger partial charge is 0.129 e. The van der Waals surface area contributed by atoms with Crippen LogP contribution in [0.4, 0.5) is 4.39 Å². The Morgan fingerprint density at radius 2 is 2.04 bits per heavy atom. The molecule has 0 radical (unpaired) electrons. The molecule has 0 saturated heterocycles. The summed E-state index contributed by atoms with van der Waals surface area (Å²) in [5.41, 5.74) is 1.10. The first-order chi connectivity index (χ1) is 11.4. The van der Waals surface area contributed by atoms with E-state index in [9.17, 15) is 4.39 Å². The average molecular weight is 329 g/mol. The molecule has 1 aromatic rings. The van der Waals surface area contributed by atoms with Crippen LogP contribution in [0.3, 0.4) is 0 Å². The highest BCUT2D eigenvalue weighted by atomic mass is 19.1. The molecular weight excluding hydrogens is 301 g/mol. The quantitative estimate of drug-likeness (QED) is 0.616. The number of allylic oxidation sites excluding steroid dienone is 1. The number of hydrogen-bond acceptors (Lipinski definition) is 3. The summed E-state index contributed by atoms with van der Waals surface area (Å²) < 4.78 is 13.0. The van der Waals surface area contributed by atoms with Crippen molar-refractivity contribution in [2.24, 2.45) is 15.9 Å². The van der Waals surface area contributed by atoms with Gasteiger partial charge >= 0.3 is 0 Å². The van der Waals surface area contributed by atoms with Gasteiger partial charge in [-0.2, -0.15) is 0 Å². The van der Waals surface area contributed by atoms with Crippen molar-refractivity contribution in [1.82, 2.24) is 4.90 Å². The molecule has 130 valence electrons. The summed E-state index contributed by atoms with van der Waals surface area (Å²) in [5, 5.41) is 0. The molecule has 1 fully saturated rings. The zero-order valence-electron chi connectivity index (χ0n) is 15.2. The predicted octanol–water partition coefficient (Wildman–Crippen LogP) is 5.01. The molecular formula is C20H28FN3. The minimum absolute atomic E-state index is 0.0285. The SMILES string of the molecule is C=N/C(=C\C=N/C(C)c1ccc(F)cc1)N(C)C(C)(CC)C1CC1. The van der Waals surface area contributed by atoms with Crippen LogP contribution in [0.25, 0.3) is 0 Å². The summed E-state index contributed by atoms with van der Waals surface area (Å²) in [6.45, 7) is 10.2. The maximum Gasteiger partial charge on any atom is 0.129 e.